The van der Waals surface area contributed by atoms with Gasteiger partial charge in [0.1, 0.15) is 11.9 Å². The molecule has 0 aliphatic rings. The van der Waals surface area contributed by atoms with Crippen molar-refractivity contribution in [3.8, 4) is 0 Å². The lowest BCUT2D eigenvalue weighted by Crippen LogP contribution is -2.21. The molecule has 1 rings (SSSR count). The van der Waals surface area contributed by atoms with E-state index in [1.807, 2.05) is 0 Å². The quantitative estimate of drug-likeness (QED) is 0.344. The maximum absolute atomic E-state index is 9.96. The van der Waals surface area contributed by atoms with E-state index in [1.165, 1.54) is 6.20 Å². The second kappa shape index (κ2) is 6.06. The third-order valence-corrected chi connectivity index (χ3v) is 2.73. The van der Waals surface area contributed by atoms with Gasteiger partial charge in [0.2, 0.25) is 0 Å². The fourth-order valence-electron chi connectivity index (χ4n) is 1.55. The molecular weight excluding hydrogens is 236 g/mol. The Hall–Kier alpha value is -2.02. The maximum atomic E-state index is 9.96. The molecule has 0 saturated heterocycles. The van der Waals surface area contributed by atoms with Gasteiger partial charge in [-0.15, -0.1) is 0 Å². The third-order valence-electron chi connectivity index (χ3n) is 2.73. The van der Waals surface area contributed by atoms with Crippen molar-refractivity contribution in [1.82, 2.24) is 4.98 Å². The highest BCUT2D eigenvalue weighted by Gasteiger charge is 2.21. The van der Waals surface area contributed by atoms with Crippen molar-refractivity contribution < 1.29 is 10.2 Å². The van der Waals surface area contributed by atoms with Gasteiger partial charge in [-0.3, -0.25) is 0 Å². The van der Waals surface area contributed by atoms with E-state index >= 15 is 0 Å². The Morgan fingerprint density at radius 3 is 2.78 bits per heavy atom. The van der Waals surface area contributed by atoms with Crippen LogP contribution in [-0.2, 0) is 0 Å². The lowest BCUT2D eigenvalue weighted by Gasteiger charge is -2.20. The number of nitrogens with two attached hydrogens (primary N) is 2. The van der Waals surface area contributed by atoms with Crippen LogP contribution >= 0.6 is 0 Å². The minimum Gasteiger partial charge on any atom is -0.396 e. The highest BCUT2D eigenvalue weighted by Crippen LogP contribution is 2.27. The Labute approximate surface area is 104 Å². The Balaban J connectivity index is 2.86. The highest BCUT2D eigenvalue weighted by molar-refractivity contribution is 5.64. The molecule has 0 aromatic carbocycles. The normalized spacial score (nSPS) is 13.7. The zero-order valence-corrected chi connectivity index (χ0v) is 9.98. The number of hydrogen-bond acceptors (Lipinski definition) is 6. The number of nitrogens with zero attached hydrogens (tertiary/aromatic N) is 4. The van der Waals surface area contributed by atoms with E-state index in [2.05, 4.69) is 15.0 Å². The smallest absolute Gasteiger partial charge is 0.146 e. The van der Waals surface area contributed by atoms with Gasteiger partial charge >= 0.3 is 0 Å². The van der Waals surface area contributed by atoms with E-state index < -0.39 is 12.2 Å². The number of aliphatic hydroxyl groups excluding tert-OH is 2. The third kappa shape index (κ3) is 3.01. The summed E-state index contributed by atoms with van der Waals surface area (Å²) in [6, 6.07) is 0. The number of aromatic nitrogens is 1. The molecule has 0 aliphatic carbocycles. The standard InChI is InChI=1S/C10H16N6O2/c1-5-6(4-14-10(12)8(5)11)9(18)7(17)2-3-15-16-13/h4,7,9,17-18H,2-3,11H2,1H3,(H2,12,14). The van der Waals surface area contributed by atoms with Crippen molar-refractivity contribution >= 4 is 11.5 Å². The summed E-state index contributed by atoms with van der Waals surface area (Å²) in [5.74, 6) is 0.187. The average molecular weight is 252 g/mol. The van der Waals surface area contributed by atoms with E-state index in [0.717, 1.165) is 0 Å². The average Bonchev–Trinajstić information content (AvgIpc) is 2.35. The van der Waals surface area contributed by atoms with Crippen molar-refractivity contribution in [2.24, 2.45) is 5.11 Å². The Kier molecular flexibility index (Phi) is 4.73. The number of aliphatic hydroxyl groups is 2. The molecular formula is C10H16N6O2. The van der Waals surface area contributed by atoms with Crippen molar-refractivity contribution in [2.45, 2.75) is 25.6 Å². The summed E-state index contributed by atoms with van der Waals surface area (Å²) in [6.07, 6.45) is -0.675. The van der Waals surface area contributed by atoms with Gasteiger partial charge < -0.3 is 21.7 Å². The molecule has 1 aromatic rings. The van der Waals surface area contributed by atoms with Crippen LogP contribution in [-0.4, -0.2) is 27.8 Å². The molecule has 0 amide bonds. The largest absolute Gasteiger partial charge is 0.396 e. The summed E-state index contributed by atoms with van der Waals surface area (Å²) < 4.78 is 0. The molecule has 8 nitrogen and oxygen atoms in total. The molecule has 6 N–H and O–H groups in total. The van der Waals surface area contributed by atoms with E-state index in [-0.39, 0.29) is 24.5 Å². The summed E-state index contributed by atoms with van der Waals surface area (Å²) in [6.45, 7) is 1.79. The minimum atomic E-state index is -1.14. The van der Waals surface area contributed by atoms with E-state index in [1.54, 1.807) is 6.92 Å². The monoisotopic (exact) mass is 252 g/mol. The van der Waals surface area contributed by atoms with Crippen LogP contribution in [0.3, 0.4) is 0 Å². The van der Waals surface area contributed by atoms with Crippen LogP contribution in [0.1, 0.15) is 23.7 Å². The predicted molar refractivity (Wildman–Crippen MR) is 67.4 cm³/mol. The molecule has 98 valence electrons. The zero-order chi connectivity index (χ0) is 13.7. The summed E-state index contributed by atoms with van der Waals surface area (Å²) in [7, 11) is 0. The molecule has 0 saturated carbocycles. The number of azide groups is 1. The van der Waals surface area contributed by atoms with Crippen LogP contribution in [0.25, 0.3) is 10.4 Å². The molecule has 0 fully saturated rings. The molecule has 8 heteroatoms. The van der Waals surface area contributed by atoms with Gasteiger partial charge in [0.15, 0.2) is 0 Å². The van der Waals surface area contributed by atoms with Gasteiger partial charge in [0.25, 0.3) is 0 Å². The van der Waals surface area contributed by atoms with Gasteiger partial charge in [0, 0.05) is 23.2 Å². The second-order valence-corrected chi connectivity index (χ2v) is 3.89. The Bertz CT molecular complexity index is 472. The summed E-state index contributed by atoms with van der Waals surface area (Å²) >= 11 is 0. The molecule has 0 radical (unpaired) electrons. The van der Waals surface area contributed by atoms with Crippen LogP contribution in [0.2, 0.25) is 0 Å². The van der Waals surface area contributed by atoms with Crippen molar-refractivity contribution in [1.29, 1.82) is 0 Å². The molecule has 18 heavy (non-hydrogen) atoms. The number of rotatable bonds is 5. The summed E-state index contributed by atoms with van der Waals surface area (Å²) in [5.41, 5.74) is 20.6. The Morgan fingerprint density at radius 2 is 2.17 bits per heavy atom. The second-order valence-electron chi connectivity index (χ2n) is 3.89. The molecule has 2 unspecified atom stereocenters. The number of hydrogen-bond donors (Lipinski definition) is 4. The number of nitrogen functional groups attached to an aromatic ring is 2. The van der Waals surface area contributed by atoms with E-state index in [9.17, 15) is 10.2 Å². The van der Waals surface area contributed by atoms with Crippen LogP contribution < -0.4 is 11.5 Å². The van der Waals surface area contributed by atoms with E-state index in [0.29, 0.717) is 11.1 Å². The molecule has 0 aliphatic heterocycles. The van der Waals surface area contributed by atoms with Crippen LogP contribution in [0.4, 0.5) is 11.5 Å². The van der Waals surface area contributed by atoms with Gasteiger partial charge in [-0.1, -0.05) is 5.11 Å². The minimum absolute atomic E-state index is 0.103. The van der Waals surface area contributed by atoms with Gasteiger partial charge in [-0.05, 0) is 24.4 Å². The zero-order valence-electron chi connectivity index (χ0n) is 9.98. The summed E-state index contributed by atoms with van der Waals surface area (Å²) in [5, 5.41) is 23.0. The molecule has 1 heterocycles. The first-order chi connectivity index (χ1) is 8.49. The lowest BCUT2D eigenvalue weighted by atomic mass is 9.99. The molecule has 0 spiro atoms. The predicted octanol–water partition coefficient (Wildman–Crippen LogP) is 0.649. The topological polar surface area (TPSA) is 154 Å². The number of pyridine rings is 1. The SMILES string of the molecule is Cc1c(C(O)C(O)CCN=[N+]=[N-])cnc(N)c1N. The fourth-order valence-corrected chi connectivity index (χ4v) is 1.55. The van der Waals surface area contributed by atoms with Crippen LogP contribution in [0, 0.1) is 6.92 Å². The highest BCUT2D eigenvalue weighted by atomic mass is 16.3. The van der Waals surface area contributed by atoms with E-state index in [4.69, 9.17) is 17.0 Å². The lowest BCUT2D eigenvalue weighted by molar-refractivity contribution is 0.0145. The first kappa shape index (κ1) is 14.0. The number of anilines is 2. The van der Waals surface area contributed by atoms with Gasteiger partial charge in [0.05, 0.1) is 11.8 Å². The Morgan fingerprint density at radius 1 is 1.50 bits per heavy atom. The molecule has 2 atom stereocenters. The summed E-state index contributed by atoms with van der Waals surface area (Å²) in [4.78, 5) is 6.41. The van der Waals surface area contributed by atoms with Crippen LogP contribution in [0.15, 0.2) is 11.3 Å². The fraction of sp³-hybridized carbons (Fsp3) is 0.500. The van der Waals surface area contributed by atoms with Crippen molar-refractivity contribution in [2.75, 3.05) is 18.0 Å². The van der Waals surface area contributed by atoms with Gasteiger partial charge in [-0.25, -0.2) is 4.98 Å². The maximum Gasteiger partial charge on any atom is 0.146 e. The van der Waals surface area contributed by atoms with Crippen molar-refractivity contribution in [3.63, 3.8) is 0 Å². The first-order valence-corrected chi connectivity index (χ1v) is 5.36. The van der Waals surface area contributed by atoms with Crippen molar-refractivity contribution in [3.05, 3.63) is 27.8 Å². The molecule has 0 bridgehead atoms. The van der Waals surface area contributed by atoms with Gasteiger partial charge in [-0.2, -0.15) is 0 Å². The van der Waals surface area contributed by atoms with Crippen LogP contribution in [0.5, 0.6) is 0 Å². The first-order valence-electron chi connectivity index (χ1n) is 5.36. The molecule has 1 aromatic heterocycles.